The molecule has 12 aromatic carbocycles. The number of fused-ring (bicyclic) bond motifs is 4. The fourth-order valence-electron chi connectivity index (χ4n) is 10.3. The van der Waals surface area contributed by atoms with Crippen LogP contribution in [0.3, 0.4) is 0 Å². The van der Waals surface area contributed by atoms with E-state index >= 15 is 0 Å². The number of rotatable bonds is 8. The van der Waals surface area contributed by atoms with Crippen LogP contribution in [0, 0.1) is 6.92 Å². The predicted molar refractivity (Wildman–Crippen MR) is 283 cm³/mol. The quantitative estimate of drug-likeness (QED) is 0.138. The number of aryl methyl sites for hydroxylation is 1. The fourth-order valence-corrected chi connectivity index (χ4v) is 10.3. The second-order valence-electron chi connectivity index (χ2n) is 17.3. The van der Waals surface area contributed by atoms with Gasteiger partial charge in [-0.15, -0.1) is 0 Å². The molecule has 1 heteroatoms. The zero-order chi connectivity index (χ0) is 44.0. The van der Waals surface area contributed by atoms with Crippen molar-refractivity contribution in [2.45, 2.75) is 6.92 Å². The van der Waals surface area contributed by atoms with Gasteiger partial charge in [-0.1, -0.05) is 218 Å². The molecule has 1 nitrogen and oxygen atoms in total. The summed E-state index contributed by atoms with van der Waals surface area (Å²) in [6, 6.07) is 93.3. The smallest absolute Gasteiger partial charge is 0.0462 e. The van der Waals surface area contributed by atoms with E-state index in [-0.39, 0.29) is 0 Å². The summed E-state index contributed by atoms with van der Waals surface area (Å²) in [4.78, 5) is 2.34. The van der Waals surface area contributed by atoms with Crippen molar-refractivity contribution in [1.82, 2.24) is 0 Å². The molecule has 0 amide bonds. The maximum absolute atomic E-state index is 2.42. The van der Waals surface area contributed by atoms with E-state index in [1.54, 1.807) is 0 Å². The lowest BCUT2D eigenvalue weighted by atomic mass is 9.83. The molecule has 0 aliphatic carbocycles. The highest BCUT2D eigenvalue weighted by atomic mass is 15.1. The van der Waals surface area contributed by atoms with Crippen molar-refractivity contribution in [1.29, 1.82) is 0 Å². The summed E-state index contributed by atoms with van der Waals surface area (Å²) in [5, 5.41) is 9.99. The molecule has 0 radical (unpaired) electrons. The molecule has 12 rings (SSSR count). The summed E-state index contributed by atoms with van der Waals surface area (Å²) in [6.45, 7) is 2.15. The second kappa shape index (κ2) is 16.6. The Bertz CT molecular complexity index is 3610. The highest BCUT2D eigenvalue weighted by molar-refractivity contribution is 6.23. The number of nitrogens with zero attached hydrogens (tertiary/aromatic N) is 1. The van der Waals surface area contributed by atoms with Gasteiger partial charge in [-0.2, -0.15) is 0 Å². The molecule has 0 spiro atoms. The molecule has 0 aliphatic heterocycles. The summed E-state index contributed by atoms with van der Waals surface area (Å²) in [5.41, 5.74) is 16.9. The van der Waals surface area contributed by atoms with Gasteiger partial charge in [0.25, 0.3) is 0 Å². The van der Waals surface area contributed by atoms with Gasteiger partial charge in [0.1, 0.15) is 0 Å². The summed E-state index contributed by atoms with van der Waals surface area (Å²) in [6.07, 6.45) is 0. The molecule has 0 aliphatic rings. The Morgan fingerprint density at radius 3 is 0.879 bits per heavy atom. The topological polar surface area (TPSA) is 3.24 Å². The van der Waals surface area contributed by atoms with Gasteiger partial charge < -0.3 is 4.90 Å². The van der Waals surface area contributed by atoms with E-state index in [0.717, 1.165) is 17.1 Å². The first-order chi connectivity index (χ1) is 32.7. The van der Waals surface area contributed by atoms with E-state index < -0.39 is 0 Å². The predicted octanol–water partition coefficient (Wildman–Crippen LogP) is 18.4. The normalized spacial score (nSPS) is 11.4. The van der Waals surface area contributed by atoms with Crippen LogP contribution in [-0.4, -0.2) is 0 Å². The largest absolute Gasteiger partial charge is 0.311 e. The van der Waals surface area contributed by atoms with Crippen molar-refractivity contribution in [2.75, 3.05) is 4.90 Å². The summed E-state index contributed by atoms with van der Waals surface area (Å²) >= 11 is 0. The summed E-state index contributed by atoms with van der Waals surface area (Å²) in [5.74, 6) is 0. The Hall–Kier alpha value is -8.52. The van der Waals surface area contributed by atoms with Crippen molar-refractivity contribution >= 4 is 60.2 Å². The van der Waals surface area contributed by atoms with Crippen LogP contribution in [0.25, 0.3) is 98.7 Å². The molecule has 0 unspecified atom stereocenters. The van der Waals surface area contributed by atoms with Crippen molar-refractivity contribution in [2.24, 2.45) is 0 Å². The van der Waals surface area contributed by atoms with Crippen molar-refractivity contribution < 1.29 is 0 Å². The van der Waals surface area contributed by atoms with Gasteiger partial charge in [0.05, 0.1) is 0 Å². The first-order valence-corrected chi connectivity index (χ1v) is 22.8. The van der Waals surface area contributed by atoms with Crippen LogP contribution in [0.1, 0.15) is 5.56 Å². The van der Waals surface area contributed by atoms with Crippen LogP contribution >= 0.6 is 0 Å². The fraction of sp³-hybridized carbons (Fsp3) is 0.0154. The minimum absolute atomic E-state index is 1.10. The molecule has 0 aromatic heterocycles. The monoisotopic (exact) mass is 839 g/mol. The number of hydrogen-bond acceptors (Lipinski definition) is 1. The van der Waals surface area contributed by atoms with E-state index in [1.807, 2.05) is 0 Å². The van der Waals surface area contributed by atoms with Crippen molar-refractivity contribution in [3.8, 4) is 55.6 Å². The van der Waals surface area contributed by atoms with Crippen LogP contribution in [0.5, 0.6) is 0 Å². The Kier molecular flexibility index (Phi) is 9.81. The van der Waals surface area contributed by atoms with E-state index in [0.29, 0.717) is 0 Å². The zero-order valence-corrected chi connectivity index (χ0v) is 36.7. The summed E-state index contributed by atoms with van der Waals surface area (Å²) < 4.78 is 0. The molecule has 0 fully saturated rings. The molecular formula is C65H45N. The number of benzene rings is 12. The Labute approximate surface area is 386 Å². The van der Waals surface area contributed by atoms with Gasteiger partial charge in [-0.05, 0) is 148 Å². The lowest BCUT2D eigenvalue weighted by Gasteiger charge is -2.26. The van der Waals surface area contributed by atoms with Crippen LogP contribution in [-0.2, 0) is 0 Å². The van der Waals surface area contributed by atoms with Gasteiger partial charge in [-0.25, -0.2) is 0 Å². The maximum atomic E-state index is 2.42. The average Bonchev–Trinajstić information content (AvgIpc) is 3.38. The van der Waals surface area contributed by atoms with Gasteiger partial charge in [-0.3, -0.25) is 0 Å². The zero-order valence-electron chi connectivity index (χ0n) is 36.7. The minimum atomic E-state index is 1.10. The van der Waals surface area contributed by atoms with Gasteiger partial charge in [0.2, 0.25) is 0 Å². The third kappa shape index (κ3) is 6.81. The number of anilines is 3. The van der Waals surface area contributed by atoms with Crippen LogP contribution in [0.15, 0.2) is 255 Å². The van der Waals surface area contributed by atoms with Gasteiger partial charge in [0.15, 0.2) is 0 Å². The second-order valence-corrected chi connectivity index (χ2v) is 17.3. The third-order valence-corrected chi connectivity index (χ3v) is 13.3. The Morgan fingerprint density at radius 1 is 0.212 bits per heavy atom. The SMILES string of the molecule is Cc1ccc(-c2c3ccccc3c(-c3cccc(-c4c5ccccc5c(-c5ccc(N(c6ccccc6)c6ccc(-c7ccccc7)cc6)cc5)c5ccccc45)c3)c3ccccc23)cc1. The number of hydrogen-bond donors (Lipinski definition) is 0. The van der Waals surface area contributed by atoms with Crippen molar-refractivity contribution in [3.05, 3.63) is 260 Å². The minimum Gasteiger partial charge on any atom is -0.311 e. The maximum Gasteiger partial charge on any atom is 0.0462 e. The summed E-state index contributed by atoms with van der Waals surface area (Å²) in [7, 11) is 0. The Morgan fingerprint density at radius 2 is 0.485 bits per heavy atom. The molecule has 0 N–H and O–H groups in total. The molecule has 0 saturated heterocycles. The van der Waals surface area contributed by atoms with E-state index in [9.17, 15) is 0 Å². The molecule has 66 heavy (non-hydrogen) atoms. The van der Waals surface area contributed by atoms with E-state index in [4.69, 9.17) is 0 Å². The lowest BCUT2D eigenvalue weighted by molar-refractivity contribution is 1.28. The van der Waals surface area contributed by atoms with E-state index in [1.165, 1.54) is 104 Å². The highest BCUT2D eigenvalue weighted by Gasteiger charge is 2.21. The molecule has 0 saturated carbocycles. The first kappa shape index (κ1) is 39.1. The first-order valence-electron chi connectivity index (χ1n) is 22.8. The standard InChI is InChI=1S/C65H45N/c1-44-31-33-47(34-32-44)62-54-23-8-12-27-58(54)64(59-28-13-9-24-55(59)62)49-19-16-20-50(43-49)65-60-29-14-10-25-56(60)63(57-26-11-15-30-61(57)65)48-37-41-53(42-38-48)66(51-21-6-3-7-22-51)52-39-35-46(36-40-52)45-17-4-2-5-18-45/h2-43H,1H3. The van der Waals surface area contributed by atoms with Crippen LogP contribution in [0.2, 0.25) is 0 Å². The van der Waals surface area contributed by atoms with Crippen LogP contribution in [0.4, 0.5) is 17.1 Å². The van der Waals surface area contributed by atoms with Crippen molar-refractivity contribution in [3.63, 3.8) is 0 Å². The lowest BCUT2D eigenvalue weighted by Crippen LogP contribution is -2.09. The van der Waals surface area contributed by atoms with Crippen LogP contribution < -0.4 is 4.90 Å². The van der Waals surface area contributed by atoms with E-state index in [2.05, 4.69) is 267 Å². The molecule has 0 heterocycles. The molecule has 0 bridgehead atoms. The highest BCUT2D eigenvalue weighted by Crippen LogP contribution is 2.48. The molecule has 12 aromatic rings. The number of para-hydroxylation sites is 1. The average molecular weight is 840 g/mol. The Balaban J connectivity index is 0.994. The molecule has 0 atom stereocenters. The third-order valence-electron chi connectivity index (χ3n) is 13.3. The van der Waals surface area contributed by atoms with Gasteiger partial charge in [0, 0.05) is 17.1 Å². The molecule has 310 valence electrons. The molecular weight excluding hydrogens is 795 g/mol. The van der Waals surface area contributed by atoms with Gasteiger partial charge >= 0.3 is 0 Å².